The number of benzene rings is 3. The smallest absolute Gasteiger partial charge is 0.491 e. The zero-order valence-corrected chi connectivity index (χ0v) is 22.3. The van der Waals surface area contributed by atoms with Crippen LogP contribution in [0.2, 0.25) is 0 Å². The maximum absolute atomic E-state index is 14.0. The Balaban J connectivity index is 1.43. The number of likely N-dealkylation sites (tertiary alicyclic amines) is 1. The summed E-state index contributed by atoms with van der Waals surface area (Å²) in [5, 5.41) is 3.60. The van der Waals surface area contributed by atoms with Crippen LogP contribution in [0.25, 0.3) is 0 Å². The molecule has 6 nitrogen and oxygen atoms in total. The number of Topliss-reactive ketones (excluding diaryl/α,β-unsaturated/α-hetero) is 1. The van der Waals surface area contributed by atoms with E-state index in [4.69, 9.17) is 9.47 Å². The molecule has 0 aromatic heterocycles. The maximum Gasteiger partial charge on any atom is 0.573 e. The van der Waals surface area contributed by atoms with Crippen molar-refractivity contribution < 1.29 is 41.0 Å². The van der Waals surface area contributed by atoms with Gasteiger partial charge in [-0.3, -0.25) is 9.69 Å². The van der Waals surface area contributed by atoms with Crippen molar-refractivity contribution in [1.82, 2.24) is 4.90 Å². The number of rotatable bonds is 8. The predicted molar refractivity (Wildman–Crippen MR) is 141 cm³/mol. The van der Waals surface area contributed by atoms with E-state index in [1.165, 1.54) is 30.3 Å². The molecule has 1 atom stereocenters. The van der Waals surface area contributed by atoms with Gasteiger partial charge in [0.15, 0.2) is 17.4 Å². The second-order valence-electron chi connectivity index (χ2n) is 10.3. The first-order valence-corrected chi connectivity index (χ1v) is 13.2. The van der Waals surface area contributed by atoms with E-state index in [0.717, 1.165) is 6.07 Å². The van der Waals surface area contributed by atoms with E-state index in [1.807, 2.05) is 0 Å². The van der Waals surface area contributed by atoms with Gasteiger partial charge in [-0.15, -0.1) is 13.2 Å². The van der Waals surface area contributed by atoms with Gasteiger partial charge in [-0.2, -0.15) is 0 Å². The number of nitrogens with zero attached hydrogens (tertiary/aromatic N) is 1. The lowest BCUT2D eigenvalue weighted by Crippen LogP contribution is -2.56. The fraction of sp³-hybridized carbons (Fsp3) is 0.367. The van der Waals surface area contributed by atoms with E-state index in [-0.39, 0.29) is 11.5 Å². The number of halogens is 5. The van der Waals surface area contributed by atoms with Crippen LogP contribution in [0, 0.1) is 11.6 Å². The Hall–Kier alpha value is -3.70. The number of hydrogen-bond donors (Lipinski definition) is 1. The number of anilines is 1. The second-order valence-corrected chi connectivity index (χ2v) is 10.3. The standard InChI is InChI=1S/C30H29F5N2O4/c1-39-14-15-40-22-7-8-23-26(17-22)36-29(10-12-37(13-11-29)18-19-2-9-24(31)25(32)16-19)27(28(23)38)20-3-5-21(6-4-20)41-30(33,34)35/h2-9,16-17,27,36H,10-15,18H2,1H3. The number of ether oxygens (including phenoxy) is 3. The quantitative estimate of drug-likeness (QED) is 0.250. The van der Waals surface area contributed by atoms with Crippen LogP contribution in [0.15, 0.2) is 60.7 Å². The Labute approximate surface area is 234 Å². The molecular weight excluding hydrogens is 547 g/mol. The summed E-state index contributed by atoms with van der Waals surface area (Å²) in [6.07, 6.45) is -3.79. The lowest BCUT2D eigenvalue weighted by molar-refractivity contribution is -0.274. The Kier molecular flexibility index (Phi) is 8.19. The molecule has 1 saturated heterocycles. The number of piperidine rings is 1. The topological polar surface area (TPSA) is 60.0 Å². The number of carbonyl (C=O) groups excluding carboxylic acids is 1. The highest BCUT2D eigenvalue weighted by Crippen LogP contribution is 2.47. The molecule has 0 saturated carbocycles. The van der Waals surface area contributed by atoms with Gasteiger partial charge in [-0.05, 0) is 60.4 Å². The molecule has 2 aliphatic rings. The summed E-state index contributed by atoms with van der Waals surface area (Å²) in [4.78, 5) is 16.1. The number of carbonyl (C=O) groups is 1. The Morgan fingerprint density at radius 2 is 1.63 bits per heavy atom. The Morgan fingerprint density at radius 3 is 2.29 bits per heavy atom. The number of alkyl halides is 3. The zero-order valence-electron chi connectivity index (χ0n) is 22.3. The molecule has 3 aromatic rings. The maximum atomic E-state index is 14.0. The molecule has 11 heteroatoms. The molecular formula is C30H29F5N2O4. The summed E-state index contributed by atoms with van der Waals surface area (Å²) in [7, 11) is 1.57. The Bertz CT molecular complexity index is 1390. The summed E-state index contributed by atoms with van der Waals surface area (Å²) in [5.74, 6) is -2.45. The molecule has 3 aromatic carbocycles. The highest BCUT2D eigenvalue weighted by molar-refractivity contribution is 6.08. The summed E-state index contributed by atoms with van der Waals surface area (Å²) in [6.45, 7) is 2.23. The van der Waals surface area contributed by atoms with Crippen molar-refractivity contribution in [3.63, 3.8) is 0 Å². The molecule has 5 rings (SSSR count). The van der Waals surface area contributed by atoms with Gasteiger partial charge in [0.05, 0.1) is 18.1 Å². The first-order chi connectivity index (χ1) is 19.6. The predicted octanol–water partition coefficient (Wildman–Crippen LogP) is 6.32. The first-order valence-electron chi connectivity index (χ1n) is 13.2. The number of hydrogen-bond acceptors (Lipinski definition) is 6. The van der Waals surface area contributed by atoms with E-state index in [1.54, 1.807) is 31.4 Å². The van der Waals surface area contributed by atoms with E-state index < -0.39 is 29.5 Å². The molecule has 218 valence electrons. The van der Waals surface area contributed by atoms with Gasteiger partial charge in [-0.1, -0.05) is 18.2 Å². The van der Waals surface area contributed by atoms with E-state index in [0.29, 0.717) is 73.8 Å². The molecule has 0 radical (unpaired) electrons. The summed E-state index contributed by atoms with van der Waals surface area (Å²) < 4.78 is 80.1. The van der Waals surface area contributed by atoms with Crippen LogP contribution < -0.4 is 14.8 Å². The van der Waals surface area contributed by atoms with Crippen LogP contribution in [0.3, 0.4) is 0 Å². The fourth-order valence-corrected chi connectivity index (χ4v) is 5.67. The molecule has 1 fully saturated rings. The minimum Gasteiger partial charge on any atom is -0.491 e. The van der Waals surface area contributed by atoms with Crippen LogP contribution in [0.5, 0.6) is 11.5 Å². The van der Waals surface area contributed by atoms with Crippen molar-refractivity contribution in [2.75, 3.05) is 38.7 Å². The van der Waals surface area contributed by atoms with Crippen molar-refractivity contribution in [3.05, 3.63) is 89.0 Å². The minimum atomic E-state index is -4.83. The molecule has 0 bridgehead atoms. The number of fused-ring (bicyclic) bond motifs is 1. The van der Waals surface area contributed by atoms with Crippen LogP contribution in [0.1, 0.15) is 40.2 Å². The van der Waals surface area contributed by atoms with Crippen molar-refractivity contribution in [2.24, 2.45) is 0 Å². The molecule has 1 spiro atoms. The molecule has 1 unspecified atom stereocenters. The third-order valence-electron chi connectivity index (χ3n) is 7.60. The first kappa shape index (κ1) is 28.8. The average molecular weight is 577 g/mol. The monoisotopic (exact) mass is 576 g/mol. The third-order valence-corrected chi connectivity index (χ3v) is 7.60. The van der Waals surface area contributed by atoms with Gasteiger partial charge in [0.1, 0.15) is 18.1 Å². The van der Waals surface area contributed by atoms with Crippen LogP contribution in [-0.2, 0) is 11.3 Å². The van der Waals surface area contributed by atoms with Crippen LogP contribution >= 0.6 is 0 Å². The van der Waals surface area contributed by atoms with Gasteiger partial charge >= 0.3 is 6.36 Å². The number of methoxy groups -OCH3 is 1. The second kappa shape index (κ2) is 11.7. The molecule has 1 N–H and O–H groups in total. The molecule has 41 heavy (non-hydrogen) atoms. The highest BCUT2D eigenvalue weighted by atomic mass is 19.4. The summed E-state index contributed by atoms with van der Waals surface area (Å²) >= 11 is 0. The highest BCUT2D eigenvalue weighted by Gasteiger charge is 2.49. The molecule has 0 aliphatic carbocycles. The van der Waals surface area contributed by atoms with Gasteiger partial charge in [-0.25, -0.2) is 8.78 Å². The average Bonchev–Trinajstić information content (AvgIpc) is 2.92. The summed E-state index contributed by atoms with van der Waals surface area (Å²) in [5.41, 5.74) is 1.53. The molecule has 2 aliphatic heterocycles. The van der Waals surface area contributed by atoms with Crippen LogP contribution in [-0.4, -0.2) is 56.0 Å². The number of ketones is 1. The van der Waals surface area contributed by atoms with E-state index in [2.05, 4.69) is 15.0 Å². The lowest BCUT2D eigenvalue weighted by atomic mass is 9.67. The third kappa shape index (κ3) is 6.46. The number of nitrogens with one attached hydrogen (secondary N) is 1. The zero-order chi connectivity index (χ0) is 29.2. The van der Waals surface area contributed by atoms with Gasteiger partial charge < -0.3 is 19.5 Å². The SMILES string of the molecule is COCCOc1ccc2c(c1)NC1(CCN(Cc3ccc(F)c(F)c3)CC1)C(c1ccc(OC(F)(F)F)cc1)C2=O. The van der Waals surface area contributed by atoms with Crippen molar-refractivity contribution in [1.29, 1.82) is 0 Å². The molecule has 0 amide bonds. The van der Waals surface area contributed by atoms with Crippen LogP contribution in [0.4, 0.5) is 27.6 Å². The normalized spacial score (nSPS) is 18.6. The van der Waals surface area contributed by atoms with Crippen molar-refractivity contribution in [2.45, 2.75) is 37.2 Å². The largest absolute Gasteiger partial charge is 0.573 e. The summed E-state index contributed by atoms with van der Waals surface area (Å²) in [6, 6.07) is 14.4. The van der Waals surface area contributed by atoms with Crippen molar-refractivity contribution in [3.8, 4) is 11.5 Å². The lowest BCUT2D eigenvalue weighted by Gasteiger charge is -2.50. The van der Waals surface area contributed by atoms with Gasteiger partial charge in [0, 0.05) is 44.1 Å². The fourth-order valence-electron chi connectivity index (χ4n) is 5.67. The van der Waals surface area contributed by atoms with Gasteiger partial charge in [0.2, 0.25) is 0 Å². The van der Waals surface area contributed by atoms with Gasteiger partial charge in [0.25, 0.3) is 0 Å². The Morgan fingerprint density at radius 1 is 0.927 bits per heavy atom. The van der Waals surface area contributed by atoms with Crippen molar-refractivity contribution >= 4 is 11.5 Å². The van der Waals surface area contributed by atoms with E-state index in [9.17, 15) is 26.7 Å². The molecule has 2 heterocycles. The van der Waals surface area contributed by atoms with E-state index >= 15 is 0 Å². The minimum absolute atomic E-state index is 0.152.